The third-order valence-corrected chi connectivity index (χ3v) is 5.58. The molecule has 31 heavy (non-hydrogen) atoms. The number of anilines is 1. The zero-order valence-electron chi connectivity index (χ0n) is 15.8. The van der Waals surface area contributed by atoms with Gasteiger partial charge in [-0.25, -0.2) is 4.79 Å². The third-order valence-electron chi connectivity index (χ3n) is 4.69. The van der Waals surface area contributed by atoms with Gasteiger partial charge >= 0.3 is 5.97 Å². The molecule has 0 radical (unpaired) electrons. The van der Waals surface area contributed by atoms with Crippen molar-refractivity contribution in [2.45, 2.75) is 0 Å². The predicted octanol–water partition coefficient (Wildman–Crippen LogP) is 4.67. The Balaban J connectivity index is 1.53. The number of carbonyl (C=O) groups excluding carboxylic acids is 4. The van der Waals surface area contributed by atoms with Gasteiger partial charge < -0.3 is 10.1 Å². The summed E-state index contributed by atoms with van der Waals surface area (Å²) in [6.45, 7) is -0.547. The lowest BCUT2D eigenvalue weighted by Crippen LogP contribution is -2.24. The Hall–Kier alpha value is -3.29. The molecule has 3 aromatic carbocycles. The van der Waals surface area contributed by atoms with Crippen molar-refractivity contribution in [3.05, 3.63) is 98.0 Å². The van der Waals surface area contributed by atoms with E-state index in [0.29, 0.717) is 5.69 Å². The van der Waals surface area contributed by atoms with E-state index in [1.165, 1.54) is 18.2 Å². The average Bonchev–Trinajstić information content (AvgIpc) is 2.75. The lowest BCUT2D eigenvalue weighted by atomic mass is 9.83. The van der Waals surface area contributed by atoms with Gasteiger partial charge in [0, 0.05) is 26.9 Å². The number of hydrogen-bond donors (Lipinski definition) is 1. The number of hydrogen-bond acceptors (Lipinski definition) is 5. The molecule has 0 saturated heterocycles. The SMILES string of the molecule is O=C(COC(=O)c1ccc2c(c1Cl)C(=O)c1ccccc1C2=O)Nc1cccc(Br)c1. The summed E-state index contributed by atoms with van der Waals surface area (Å²) in [5.41, 5.74) is 1.02. The number of amides is 1. The number of halogens is 2. The van der Waals surface area contributed by atoms with E-state index < -0.39 is 24.3 Å². The second-order valence-corrected chi connectivity index (χ2v) is 7.98. The maximum Gasteiger partial charge on any atom is 0.340 e. The van der Waals surface area contributed by atoms with E-state index in [-0.39, 0.29) is 38.6 Å². The van der Waals surface area contributed by atoms with Crippen molar-refractivity contribution in [3.8, 4) is 0 Å². The van der Waals surface area contributed by atoms with Crippen LogP contribution in [0.1, 0.15) is 42.2 Å². The predicted molar refractivity (Wildman–Crippen MR) is 118 cm³/mol. The molecular weight excluding hydrogens is 486 g/mol. The fourth-order valence-electron chi connectivity index (χ4n) is 3.28. The van der Waals surface area contributed by atoms with E-state index >= 15 is 0 Å². The minimum atomic E-state index is -0.878. The van der Waals surface area contributed by atoms with E-state index in [4.69, 9.17) is 16.3 Å². The van der Waals surface area contributed by atoms with E-state index in [9.17, 15) is 19.2 Å². The van der Waals surface area contributed by atoms with Crippen LogP contribution in [0.5, 0.6) is 0 Å². The van der Waals surface area contributed by atoms with Crippen molar-refractivity contribution in [3.63, 3.8) is 0 Å². The van der Waals surface area contributed by atoms with Crippen LogP contribution in [0.25, 0.3) is 0 Å². The van der Waals surface area contributed by atoms with Crippen molar-refractivity contribution in [2.24, 2.45) is 0 Å². The summed E-state index contributed by atoms with van der Waals surface area (Å²) in [6.07, 6.45) is 0. The van der Waals surface area contributed by atoms with Crippen LogP contribution in [-0.2, 0) is 9.53 Å². The molecule has 1 aliphatic carbocycles. The molecule has 0 aromatic heterocycles. The number of esters is 1. The lowest BCUT2D eigenvalue weighted by Gasteiger charge is -2.19. The number of nitrogens with one attached hydrogen (secondary N) is 1. The first-order valence-corrected chi connectivity index (χ1v) is 10.3. The van der Waals surface area contributed by atoms with Crippen molar-refractivity contribution in [1.29, 1.82) is 0 Å². The number of ketones is 2. The standard InChI is InChI=1S/C23H13BrClNO5/c24-12-4-3-5-13(10-12)26-18(27)11-31-23(30)17-9-8-16-19(20(17)25)22(29)15-7-2-1-6-14(15)21(16)28/h1-10H,11H2,(H,26,27). The van der Waals surface area contributed by atoms with Crippen LogP contribution in [0.3, 0.4) is 0 Å². The van der Waals surface area contributed by atoms with Crippen molar-refractivity contribution in [2.75, 3.05) is 11.9 Å². The quantitative estimate of drug-likeness (QED) is 0.413. The fraction of sp³-hybridized carbons (Fsp3) is 0.0435. The van der Waals surface area contributed by atoms with Crippen LogP contribution in [0.2, 0.25) is 5.02 Å². The lowest BCUT2D eigenvalue weighted by molar-refractivity contribution is -0.119. The molecule has 0 bridgehead atoms. The topological polar surface area (TPSA) is 89.5 Å². The molecule has 3 aromatic rings. The Morgan fingerprint density at radius 2 is 1.61 bits per heavy atom. The number of benzene rings is 3. The summed E-state index contributed by atoms with van der Waals surface area (Å²) >= 11 is 9.63. The highest BCUT2D eigenvalue weighted by Crippen LogP contribution is 2.34. The highest BCUT2D eigenvalue weighted by molar-refractivity contribution is 9.10. The summed E-state index contributed by atoms with van der Waals surface area (Å²) in [7, 11) is 0. The van der Waals surface area contributed by atoms with Gasteiger partial charge in [0.05, 0.1) is 16.1 Å². The molecule has 0 unspecified atom stereocenters. The van der Waals surface area contributed by atoms with Gasteiger partial charge in [0.2, 0.25) is 0 Å². The van der Waals surface area contributed by atoms with Gasteiger partial charge in [0.25, 0.3) is 5.91 Å². The summed E-state index contributed by atoms with van der Waals surface area (Å²) in [5.74, 6) is -2.21. The van der Waals surface area contributed by atoms with Crippen LogP contribution in [0.15, 0.2) is 65.1 Å². The molecular formula is C23H13BrClNO5. The minimum absolute atomic E-state index is 0.0431. The highest BCUT2D eigenvalue weighted by Gasteiger charge is 2.33. The first-order chi connectivity index (χ1) is 14.9. The summed E-state index contributed by atoms with van der Waals surface area (Å²) in [6, 6.07) is 16.0. The van der Waals surface area contributed by atoms with Gasteiger partial charge in [-0.15, -0.1) is 0 Å². The third kappa shape index (κ3) is 4.02. The van der Waals surface area contributed by atoms with Gasteiger partial charge in [0.15, 0.2) is 18.2 Å². The molecule has 1 amide bonds. The molecule has 0 aliphatic heterocycles. The maximum atomic E-state index is 12.9. The fourth-order valence-corrected chi connectivity index (χ4v) is 4.00. The second-order valence-electron chi connectivity index (χ2n) is 6.69. The van der Waals surface area contributed by atoms with Crippen molar-refractivity contribution in [1.82, 2.24) is 0 Å². The first kappa shape index (κ1) is 21.0. The summed E-state index contributed by atoms with van der Waals surface area (Å²) in [4.78, 5) is 50.2. The average molecular weight is 499 g/mol. The van der Waals surface area contributed by atoms with E-state index in [0.717, 1.165) is 4.47 Å². The van der Waals surface area contributed by atoms with Gasteiger partial charge in [-0.2, -0.15) is 0 Å². The summed E-state index contributed by atoms with van der Waals surface area (Å²) in [5, 5.41) is 2.42. The number of fused-ring (bicyclic) bond motifs is 2. The zero-order valence-corrected chi connectivity index (χ0v) is 18.1. The molecule has 6 nitrogen and oxygen atoms in total. The Morgan fingerprint density at radius 1 is 0.903 bits per heavy atom. The molecule has 8 heteroatoms. The van der Waals surface area contributed by atoms with Crippen LogP contribution in [-0.4, -0.2) is 30.0 Å². The monoisotopic (exact) mass is 497 g/mol. The molecule has 0 atom stereocenters. The van der Waals surface area contributed by atoms with Crippen molar-refractivity contribution < 1.29 is 23.9 Å². The molecule has 154 valence electrons. The Morgan fingerprint density at radius 3 is 2.32 bits per heavy atom. The molecule has 0 fully saturated rings. The smallest absolute Gasteiger partial charge is 0.340 e. The minimum Gasteiger partial charge on any atom is -0.452 e. The number of rotatable bonds is 4. The van der Waals surface area contributed by atoms with Crippen LogP contribution in [0.4, 0.5) is 5.69 Å². The highest BCUT2D eigenvalue weighted by atomic mass is 79.9. The molecule has 0 spiro atoms. The van der Waals surface area contributed by atoms with Crippen molar-refractivity contribution >= 4 is 56.7 Å². The number of carbonyl (C=O) groups is 4. The van der Waals surface area contributed by atoms with Crippen LogP contribution in [0, 0.1) is 0 Å². The Labute approximate surface area is 190 Å². The van der Waals surface area contributed by atoms with Crippen LogP contribution < -0.4 is 5.32 Å². The van der Waals surface area contributed by atoms with E-state index in [2.05, 4.69) is 21.2 Å². The first-order valence-electron chi connectivity index (χ1n) is 9.10. The van der Waals surface area contributed by atoms with E-state index in [1.54, 1.807) is 42.5 Å². The van der Waals surface area contributed by atoms with Gasteiger partial charge in [-0.05, 0) is 30.3 Å². The summed E-state index contributed by atoms with van der Waals surface area (Å²) < 4.78 is 5.83. The normalized spacial score (nSPS) is 12.1. The molecule has 4 rings (SSSR count). The molecule has 0 heterocycles. The van der Waals surface area contributed by atoms with Gasteiger partial charge in [0.1, 0.15) is 0 Å². The Kier molecular flexibility index (Phi) is 5.71. The molecule has 1 N–H and O–H groups in total. The van der Waals surface area contributed by atoms with Crippen LogP contribution >= 0.6 is 27.5 Å². The Bertz CT molecular complexity index is 1270. The molecule has 1 aliphatic rings. The second kappa shape index (κ2) is 8.45. The van der Waals surface area contributed by atoms with Gasteiger partial charge in [-0.3, -0.25) is 14.4 Å². The number of ether oxygens (including phenoxy) is 1. The molecule has 0 saturated carbocycles. The maximum absolute atomic E-state index is 12.9. The van der Waals surface area contributed by atoms with E-state index in [1.807, 2.05) is 0 Å². The zero-order chi connectivity index (χ0) is 22.1. The largest absolute Gasteiger partial charge is 0.452 e. The van der Waals surface area contributed by atoms with Gasteiger partial charge in [-0.1, -0.05) is 57.9 Å².